The monoisotopic (exact) mass is 466 g/mol. The second-order valence-corrected chi connectivity index (χ2v) is 8.65. The number of alkyl halides is 6. The molecule has 12 heteroatoms. The molecule has 0 radical (unpaired) electrons. The van der Waals surface area contributed by atoms with E-state index in [0.717, 1.165) is 0 Å². The van der Waals surface area contributed by atoms with Gasteiger partial charge in [-0.2, -0.15) is 26.3 Å². The van der Waals surface area contributed by atoms with Crippen molar-refractivity contribution in [2.45, 2.75) is 36.6 Å². The number of rotatable bonds is 5. The maximum Gasteiger partial charge on any atom is 0.416 e. The first kappa shape index (κ1) is 22.9. The fraction of sp³-hybridized carbons (Fsp3) is 0.316. The lowest BCUT2D eigenvalue weighted by molar-refractivity contribution is -0.143. The van der Waals surface area contributed by atoms with Gasteiger partial charge in [-0.1, -0.05) is 12.1 Å². The minimum atomic E-state index is -5.17. The summed E-state index contributed by atoms with van der Waals surface area (Å²) >= 11 is 0. The first-order valence-corrected chi connectivity index (χ1v) is 10.4. The Labute approximate surface area is 173 Å². The van der Waals surface area contributed by atoms with Gasteiger partial charge in [0.25, 0.3) is 10.0 Å². The van der Waals surface area contributed by atoms with Crippen molar-refractivity contribution >= 4 is 21.6 Å². The van der Waals surface area contributed by atoms with Gasteiger partial charge in [0.1, 0.15) is 0 Å². The number of sulfonamides is 1. The Morgan fingerprint density at radius 3 is 2.06 bits per heavy atom. The molecule has 1 aliphatic heterocycles. The van der Waals surface area contributed by atoms with Crippen LogP contribution in [0.15, 0.2) is 47.4 Å². The Bertz CT molecular complexity index is 1060. The van der Waals surface area contributed by atoms with E-state index in [1.54, 1.807) is 11.0 Å². The number of amides is 1. The minimum Gasteiger partial charge on any atom is -0.338 e. The topological polar surface area (TPSA) is 66.5 Å². The lowest BCUT2D eigenvalue weighted by Gasteiger charge is -2.17. The molecule has 1 amide bonds. The molecular weight excluding hydrogens is 450 g/mol. The van der Waals surface area contributed by atoms with Gasteiger partial charge in [0.15, 0.2) is 0 Å². The molecule has 1 fully saturated rings. The van der Waals surface area contributed by atoms with Crippen molar-refractivity contribution in [3.63, 3.8) is 0 Å². The Morgan fingerprint density at radius 1 is 0.935 bits per heavy atom. The van der Waals surface area contributed by atoms with Crippen LogP contribution in [0, 0.1) is 0 Å². The number of anilines is 1. The molecule has 0 unspecified atom stereocenters. The normalized spacial score (nSPS) is 15.4. The summed E-state index contributed by atoms with van der Waals surface area (Å²) < 4.78 is 105. The number of nitrogens with zero attached hydrogens (tertiary/aromatic N) is 1. The molecule has 3 rings (SSSR count). The van der Waals surface area contributed by atoms with E-state index in [1.165, 1.54) is 18.2 Å². The van der Waals surface area contributed by atoms with Gasteiger partial charge < -0.3 is 4.90 Å². The van der Waals surface area contributed by atoms with Crippen LogP contribution in [0.4, 0.5) is 32.0 Å². The van der Waals surface area contributed by atoms with E-state index in [2.05, 4.69) is 0 Å². The maximum absolute atomic E-state index is 13.0. The lowest BCUT2D eigenvalue weighted by Crippen LogP contribution is -2.23. The zero-order chi connectivity index (χ0) is 23.0. The van der Waals surface area contributed by atoms with Crippen LogP contribution in [0.2, 0.25) is 0 Å². The molecule has 2 aromatic rings. The molecule has 1 aliphatic rings. The van der Waals surface area contributed by atoms with Crippen molar-refractivity contribution in [2.24, 2.45) is 0 Å². The van der Waals surface area contributed by atoms with Gasteiger partial charge in [0.05, 0.1) is 16.0 Å². The van der Waals surface area contributed by atoms with Crippen LogP contribution in [0.25, 0.3) is 0 Å². The number of benzene rings is 2. The van der Waals surface area contributed by atoms with Gasteiger partial charge in [-0.3, -0.25) is 9.52 Å². The largest absolute Gasteiger partial charge is 0.416 e. The first-order valence-electron chi connectivity index (χ1n) is 8.95. The van der Waals surface area contributed by atoms with E-state index in [4.69, 9.17) is 0 Å². The molecule has 0 spiro atoms. The van der Waals surface area contributed by atoms with Gasteiger partial charge in [0, 0.05) is 25.2 Å². The van der Waals surface area contributed by atoms with E-state index in [-0.39, 0.29) is 36.3 Å². The van der Waals surface area contributed by atoms with Crippen LogP contribution in [0.5, 0.6) is 0 Å². The molecule has 5 nitrogen and oxygen atoms in total. The molecule has 31 heavy (non-hydrogen) atoms. The SMILES string of the molecule is O=C1CCCN1Cc1cccc(NS(=O)(=O)c2cc(C(F)(F)F)cc(C(F)(F)F)c2)c1. The molecule has 1 saturated heterocycles. The summed E-state index contributed by atoms with van der Waals surface area (Å²) in [6.07, 6.45) is -9.24. The highest BCUT2D eigenvalue weighted by Crippen LogP contribution is 2.37. The van der Waals surface area contributed by atoms with Crippen molar-refractivity contribution in [1.82, 2.24) is 4.90 Å². The van der Waals surface area contributed by atoms with Crippen molar-refractivity contribution in [2.75, 3.05) is 11.3 Å². The van der Waals surface area contributed by atoms with Crippen LogP contribution in [0.3, 0.4) is 0 Å². The van der Waals surface area contributed by atoms with E-state index < -0.39 is 38.4 Å². The van der Waals surface area contributed by atoms with Gasteiger partial charge in [-0.15, -0.1) is 0 Å². The van der Waals surface area contributed by atoms with Crippen molar-refractivity contribution in [3.05, 3.63) is 59.2 Å². The minimum absolute atomic E-state index is 0.0601. The summed E-state index contributed by atoms with van der Waals surface area (Å²) in [4.78, 5) is 12.1. The highest BCUT2D eigenvalue weighted by Gasteiger charge is 2.38. The Hall–Kier alpha value is -2.76. The van der Waals surface area contributed by atoms with Gasteiger partial charge >= 0.3 is 12.4 Å². The van der Waals surface area contributed by atoms with E-state index in [1.807, 2.05) is 4.72 Å². The van der Waals surface area contributed by atoms with E-state index in [9.17, 15) is 39.6 Å². The summed E-state index contributed by atoms with van der Waals surface area (Å²) in [7, 11) is -4.76. The number of likely N-dealkylation sites (tertiary alicyclic amines) is 1. The average Bonchev–Trinajstić information content (AvgIpc) is 3.04. The fourth-order valence-electron chi connectivity index (χ4n) is 3.12. The quantitative estimate of drug-likeness (QED) is 0.653. The molecule has 0 saturated carbocycles. The second kappa shape index (κ2) is 8.06. The van der Waals surface area contributed by atoms with Crippen LogP contribution >= 0.6 is 0 Å². The number of hydrogen-bond donors (Lipinski definition) is 1. The van der Waals surface area contributed by atoms with Crippen molar-refractivity contribution in [3.8, 4) is 0 Å². The Morgan fingerprint density at radius 2 is 1.55 bits per heavy atom. The predicted molar refractivity (Wildman–Crippen MR) is 98.3 cm³/mol. The summed E-state index contributed by atoms with van der Waals surface area (Å²) in [5, 5.41) is 0. The summed E-state index contributed by atoms with van der Waals surface area (Å²) in [6.45, 7) is 0.745. The van der Waals surface area contributed by atoms with Crippen LogP contribution in [-0.2, 0) is 33.7 Å². The summed E-state index contributed by atoms with van der Waals surface area (Å²) in [6, 6.07) is 5.88. The summed E-state index contributed by atoms with van der Waals surface area (Å²) in [5.41, 5.74) is -2.97. The summed E-state index contributed by atoms with van der Waals surface area (Å²) in [5.74, 6) is -0.0605. The van der Waals surface area contributed by atoms with Gasteiger partial charge in [0.2, 0.25) is 5.91 Å². The van der Waals surface area contributed by atoms with Crippen LogP contribution in [0.1, 0.15) is 29.5 Å². The second-order valence-electron chi connectivity index (χ2n) is 6.97. The number of carbonyl (C=O) groups is 1. The molecule has 0 atom stereocenters. The van der Waals surface area contributed by atoms with E-state index in [0.29, 0.717) is 24.9 Å². The fourth-order valence-corrected chi connectivity index (χ4v) is 4.24. The third-order valence-corrected chi connectivity index (χ3v) is 5.96. The smallest absolute Gasteiger partial charge is 0.338 e. The number of halogens is 6. The third-order valence-electron chi connectivity index (χ3n) is 4.60. The van der Waals surface area contributed by atoms with Gasteiger partial charge in [-0.25, -0.2) is 8.42 Å². The maximum atomic E-state index is 13.0. The Kier molecular flexibility index (Phi) is 5.96. The first-order chi connectivity index (χ1) is 14.3. The van der Waals surface area contributed by atoms with Crippen LogP contribution < -0.4 is 4.72 Å². The van der Waals surface area contributed by atoms with Gasteiger partial charge in [-0.05, 0) is 42.3 Å². The zero-order valence-corrected chi connectivity index (χ0v) is 16.5. The van der Waals surface area contributed by atoms with E-state index >= 15 is 0 Å². The average molecular weight is 466 g/mol. The molecule has 0 bridgehead atoms. The highest BCUT2D eigenvalue weighted by molar-refractivity contribution is 7.92. The molecular formula is C19H16F6N2O3S. The number of hydrogen-bond acceptors (Lipinski definition) is 3. The molecule has 1 heterocycles. The zero-order valence-electron chi connectivity index (χ0n) is 15.7. The predicted octanol–water partition coefficient (Wildman–Crippen LogP) is 4.65. The highest BCUT2D eigenvalue weighted by atomic mass is 32.2. The molecule has 2 aromatic carbocycles. The standard InChI is InChI=1S/C19H16F6N2O3S/c20-18(21,22)13-8-14(19(23,24)25)10-16(9-13)31(29,30)26-15-4-1-3-12(7-15)11-27-6-2-5-17(27)28/h1,3-4,7-10,26H,2,5-6,11H2. The third kappa shape index (κ3) is 5.49. The lowest BCUT2D eigenvalue weighted by atomic mass is 10.1. The number of nitrogens with one attached hydrogen (secondary N) is 1. The molecule has 1 N–H and O–H groups in total. The Balaban J connectivity index is 1.92. The van der Waals surface area contributed by atoms with Crippen LogP contribution in [-0.4, -0.2) is 25.8 Å². The molecule has 168 valence electrons. The number of carbonyl (C=O) groups excluding carboxylic acids is 1. The van der Waals surface area contributed by atoms with Crippen molar-refractivity contribution in [1.29, 1.82) is 0 Å². The molecule has 0 aromatic heterocycles. The van der Waals surface area contributed by atoms with Crippen molar-refractivity contribution < 1.29 is 39.6 Å². The molecule has 0 aliphatic carbocycles.